The van der Waals surface area contributed by atoms with Gasteiger partial charge in [0.2, 0.25) is 5.91 Å². The molecule has 28 heavy (non-hydrogen) atoms. The summed E-state index contributed by atoms with van der Waals surface area (Å²) < 4.78 is 42.1. The van der Waals surface area contributed by atoms with E-state index in [1.54, 1.807) is 0 Å². The number of hydrazone groups is 1. The molecule has 0 aliphatic carbocycles. The lowest BCUT2D eigenvalue weighted by molar-refractivity contribution is -0.127. The molecule has 2 amide bonds. The second-order valence-electron chi connectivity index (χ2n) is 5.84. The van der Waals surface area contributed by atoms with Crippen LogP contribution in [-0.4, -0.2) is 24.1 Å². The summed E-state index contributed by atoms with van der Waals surface area (Å²) in [6.45, 7) is -1.47. The summed E-state index contributed by atoms with van der Waals surface area (Å²) in [6.07, 6.45) is 0. The number of hydrogen-bond donors (Lipinski definition) is 1. The molecule has 1 N–H and O–H groups in total. The van der Waals surface area contributed by atoms with Crippen LogP contribution in [0.2, 0.25) is 5.02 Å². The molecule has 1 atom stereocenters. The monoisotopic (exact) mass is 411 g/mol. The van der Waals surface area contributed by atoms with E-state index < -0.39 is 30.2 Å². The van der Waals surface area contributed by atoms with Gasteiger partial charge in [-0.3, -0.25) is 9.59 Å². The number of anilines is 2. The first-order valence-electron chi connectivity index (χ1n) is 7.95. The Kier molecular flexibility index (Phi) is 5.55. The number of alkyl halides is 2. The van der Waals surface area contributed by atoms with Crippen LogP contribution in [0.15, 0.2) is 47.6 Å². The van der Waals surface area contributed by atoms with E-state index in [9.17, 15) is 22.8 Å². The zero-order valence-electron chi connectivity index (χ0n) is 14.3. The van der Waals surface area contributed by atoms with Crippen molar-refractivity contribution in [2.75, 3.05) is 10.3 Å². The Bertz CT molecular complexity index is 931. The van der Waals surface area contributed by atoms with E-state index in [1.807, 2.05) is 0 Å². The highest BCUT2D eigenvalue weighted by molar-refractivity contribution is 6.31. The molecule has 10 heteroatoms. The highest BCUT2D eigenvalue weighted by atomic mass is 35.5. The largest absolute Gasteiger partial charge is 0.435 e. The first-order valence-corrected chi connectivity index (χ1v) is 8.33. The Morgan fingerprint density at radius 1 is 1.25 bits per heavy atom. The maximum atomic E-state index is 13.4. The van der Waals surface area contributed by atoms with E-state index in [0.717, 1.165) is 17.1 Å². The quantitative estimate of drug-likeness (QED) is 0.754. The minimum Gasteiger partial charge on any atom is -0.435 e. The molecule has 2 aromatic carbocycles. The maximum absolute atomic E-state index is 13.4. The molecule has 1 heterocycles. The molecule has 3 rings (SSSR count). The second kappa shape index (κ2) is 7.89. The van der Waals surface area contributed by atoms with Gasteiger partial charge in [0.1, 0.15) is 11.6 Å². The normalized spacial score (nSPS) is 16.4. The number of rotatable bonds is 5. The van der Waals surface area contributed by atoms with E-state index in [1.165, 1.54) is 37.3 Å². The Morgan fingerprint density at radius 2 is 1.93 bits per heavy atom. The number of ether oxygens (including phenoxy) is 1. The van der Waals surface area contributed by atoms with Crippen molar-refractivity contribution in [2.24, 2.45) is 11.0 Å². The predicted octanol–water partition coefficient (Wildman–Crippen LogP) is 4.06. The SMILES string of the molecule is CC1=NN(c2ccc(OC(F)F)cc2)C(=O)C1C(=O)Nc1cc(F)cc(Cl)c1. The summed E-state index contributed by atoms with van der Waals surface area (Å²) in [7, 11) is 0. The van der Waals surface area contributed by atoms with Crippen molar-refractivity contribution in [3.63, 3.8) is 0 Å². The minimum atomic E-state index is -2.97. The fourth-order valence-corrected chi connectivity index (χ4v) is 2.88. The van der Waals surface area contributed by atoms with Crippen LogP contribution >= 0.6 is 11.6 Å². The van der Waals surface area contributed by atoms with E-state index in [0.29, 0.717) is 0 Å². The van der Waals surface area contributed by atoms with E-state index in [-0.39, 0.29) is 27.9 Å². The topological polar surface area (TPSA) is 71.0 Å². The lowest BCUT2D eigenvalue weighted by Crippen LogP contribution is -2.36. The zero-order valence-corrected chi connectivity index (χ0v) is 15.1. The molecule has 0 bridgehead atoms. The molecule has 146 valence electrons. The van der Waals surface area contributed by atoms with Crippen LogP contribution in [-0.2, 0) is 9.59 Å². The van der Waals surface area contributed by atoms with Crippen LogP contribution in [0.25, 0.3) is 0 Å². The summed E-state index contributed by atoms with van der Waals surface area (Å²) in [6, 6.07) is 8.71. The summed E-state index contributed by atoms with van der Waals surface area (Å²) in [5.41, 5.74) is 0.593. The van der Waals surface area contributed by atoms with Crippen molar-refractivity contribution in [3.05, 3.63) is 53.3 Å². The Balaban J connectivity index is 1.75. The standard InChI is InChI=1S/C18H13ClF3N3O3/c1-9-15(16(26)23-12-7-10(19)6-11(20)8-12)17(27)25(24-9)13-2-4-14(5-3-13)28-18(21)22/h2-8,15,18H,1H3,(H,23,26). The van der Waals surface area contributed by atoms with Crippen LogP contribution in [0.4, 0.5) is 24.5 Å². The minimum absolute atomic E-state index is 0.0802. The molecular weight excluding hydrogens is 399 g/mol. The molecule has 0 aromatic heterocycles. The van der Waals surface area contributed by atoms with Crippen molar-refractivity contribution in [1.82, 2.24) is 0 Å². The van der Waals surface area contributed by atoms with Crippen LogP contribution in [0.3, 0.4) is 0 Å². The van der Waals surface area contributed by atoms with Gasteiger partial charge >= 0.3 is 6.61 Å². The Morgan fingerprint density at radius 3 is 2.54 bits per heavy atom. The predicted molar refractivity (Wildman–Crippen MR) is 97.2 cm³/mol. The van der Waals surface area contributed by atoms with Crippen molar-refractivity contribution in [1.29, 1.82) is 0 Å². The van der Waals surface area contributed by atoms with Gasteiger partial charge in [-0.2, -0.15) is 18.9 Å². The van der Waals surface area contributed by atoms with Crippen LogP contribution in [0.5, 0.6) is 5.75 Å². The average molecular weight is 412 g/mol. The molecule has 2 aromatic rings. The molecule has 0 fully saturated rings. The van der Waals surface area contributed by atoms with E-state index >= 15 is 0 Å². The van der Waals surface area contributed by atoms with Crippen molar-refractivity contribution in [3.8, 4) is 5.75 Å². The number of amides is 2. The smallest absolute Gasteiger partial charge is 0.387 e. The molecule has 0 radical (unpaired) electrons. The van der Waals surface area contributed by atoms with Crippen LogP contribution in [0.1, 0.15) is 6.92 Å². The van der Waals surface area contributed by atoms with Gasteiger partial charge in [-0.05, 0) is 49.4 Å². The zero-order chi connectivity index (χ0) is 20.4. The van der Waals surface area contributed by atoms with Crippen molar-refractivity contribution < 1.29 is 27.5 Å². The third-order valence-corrected chi connectivity index (χ3v) is 4.05. The van der Waals surface area contributed by atoms with Gasteiger partial charge in [0.15, 0.2) is 5.92 Å². The van der Waals surface area contributed by atoms with Gasteiger partial charge < -0.3 is 10.1 Å². The van der Waals surface area contributed by atoms with Crippen LogP contribution in [0, 0.1) is 11.7 Å². The summed E-state index contributed by atoms with van der Waals surface area (Å²) in [5, 5.41) is 7.57. The number of carbonyl (C=O) groups is 2. The van der Waals surface area contributed by atoms with Crippen molar-refractivity contribution in [2.45, 2.75) is 13.5 Å². The molecular formula is C18H13ClF3N3O3. The van der Waals surface area contributed by atoms with Gasteiger partial charge in [0.25, 0.3) is 5.91 Å². The third kappa shape index (κ3) is 4.25. The molecule has 0 saturated heterocycles. The van der Waals surface area contributed by atoms with E-state index in [2.05, 4.69) is 15.2 Å². The first-order chi connectivity index (χ1) is 13.2. The molecule has 6 nitrogen and oxygen atoms in total. The molecule has 1 aliphatic heterocycles. The van der Waals surface area contributed by atoms with Gasteiger partial charge in [0.05, 0.1) is 11.4 Å². The Labute approximate surface area is 162 Å². The summed E-state index contributed by atoms with van der Waals surface area (Å²) >= 11 is 5.75. The Hall–Kier alpha value is -3.07. The maximum Gasteiger partial charge on any atom is 0.387 e. The lowest BCUT2D eigenvalue weighted by atomic mass is 10.0. The van der Waals surface area contributed by atoms with E-state index in [4.69, 9.17) is 11.6 Å². The first kappa shape index (κ1) is 19.7. The summed E-state index contributed by atoms with van der Waals surface area (Å²) in [5.74, 6) is -3.28. The second-order valence-corrected chi connectivity index (χ2v) is 6.28. The number of hydrogen-bond acceptors (Lipinski definition) is 4. The average Bonchev–Trinajstić information content (AvgIpc) is 2.88. The summed E-state index contributed by atoms with van der Waals surface area (Å²) in [4.78, 5) is 25.1. The third-order valence-electron chi connectivity index (χ3n) is 3.83. The van der Waals surface area contributed by atoms with Crippen LogP contribution < -0.4 is 15.1 Å². The lowest BCUT2D eigenvalue weighted by Gasteiger charge is -2.15. The van der Waals surface area contributed by atoms with Gasteiger partial charge in [-0.15, -0.1) is 0 Å². The van der Waals surface area contributed by atoms with Gasteiger partial charge in [-0.1, -0.05) is 11.6 Å². The fourth-order valence-electron chi connectivity index (χ4n) is 2.66. The number of nitrogens with zero attached hydrogens (tertiary/aromatic N) is 2. The number of nitrogens with one attached hydrogen (secondary N) is 1. The number of carbonyl (C=O) groups excluding carboxylic acids is 2. The van der Waals surface area contributed by atoms with Gasteiger partial charge in [-0.25, -0.2) is 4.39 Å². The molecule has 0 saturated carbocycles. The number of benzene rings is 2. The number of halogens is 4. The molecule has 1 unspecified atom stereocenters. The van der Waals surface area contributed by atoms with Crippen molar-refractivity contribution >= 4 is 40.5 Å². The fraction of sp³-hybridized carbons (Fsp3) is 0.167. The molecule has 0 spiro atoms. The highest BCUT2D eigenvalue weighted by Gasteiger charge is 2.39. The van der Waals surface area contributed by atoms with Gasteiger partial charge in [0, 0.05) is 10.7 Å². The molecule has 1 aliphatic rings. The highest BCUT2D eigenvalue weighted by Crippen LogP contribution is 2.27.